The number of anilines is 1. The maximum absolute atomic E-state index is 9.04. The molecule has 0 atom stereocenters. The van der Waals surface area contributed by atoms with Crippen LogP contribution in [0.3, 0.4) is 0 Å². The Balaban J connectivity index is 2.58. The lowest BCUT2D eigenvalue weighted by Gasteiger charge is -2.12. The molecule has 2 aromatic rings. The molecule has 2 heterocycles. The monoisotopic (exact) mass is 316 g/mol. The van der Waals surface area contributed by atoms with E-state index in [0.717, 1.165) is 16.6 Å². The Morgan fingerprint density at radius 2 is 2.32 bits per heavy atom. The molecule has 0 spiro atoms. The van der Waals surface area contributed by atoms with Gasteiger partial charge in [0, 0.05) is 43.0 Å². The molecule has 0 bridgehead atoms. The van der Waals surface area contributed by atoms with Gasteiger partial charge in [-0.3, -0.25) is 4.99 Å². The van der Waals surface area contributed by atoms with Gasteiger partial charge in [-0.1, -0.05) is 11.6 Å². The summed E-state index contributed by atoms with van der Waals surface area (Å²) in [6.07, 6.45) is 6.38. The van der Waals surface area contributed by atoms with Gasteiger partial charge in [0.25, 0.3) is 0 Å². The van der Waals surface area contributed by atoms with Crippen molar-refractivity contribution in [3.63, 3.8) is 0 Å². The van der Waals surface area contributed by atoms with Gasteiger partial charge in [0.2, 0.25) is 0 Å². The molecule has 0 aliphatic carbocycles. The molecule has 114 valence electrons. The maximum Gasteiger partial charge on any atom is 0.141 e. The highest BCUT2D eigenvalue weighted by Gasteiger charge is 2.16. The fourth-order valence-corrected chi connectivity index (χ4v) is 2.24. The first-order chi connectivity index (χ1) is 10.4. The van der Waals surface area contributed by atoms with Crippen LogP contribution in [0.4, 0.5) is 5.69 Å². The summed E-state index contributed by atoms with van der Waals surface area (Å²) in [5, 5.41) is 13.5. The van der Waals surface area contributed by atoms with Crippen LogP contribution in [0.1, 0.15) is 19.4 Å². The highest BCUT2D eigenvalue weighted by molar-refractivity contribution is 6.37. The van der Waals surface area contributed by atoms with Gasteiger partial charge in [-0.25, -0.2) is 4.98 Å². The van der Waals surface area contributed by atoms with Gasteiger partial charge in [0.15, 0.2) is 0 Å². The third kappa shape index (κ3) is 2.90. The topological polar surface area (TPSA) is 103 Å². The number of aliphatic imine (C=N–C) groups is 1. The third-order valence-corrected chi connectivity index (χ3v) is 3.49. The molecule has 0 unspecified atom stereocenters. The molecule has 0 saturated heterocycles. The molecule has 22 heavy (non-hydrogen) atoms. The van der Waals surface area contributed by atoms with Gasteiger partial charge in [-0.15, -0.1) is 0 Å². The van der Waals surface area contributed by atoms with E-state index < -0.39 is 5.54 Å². The molecule has 2 rings (SSSR count). The summed E-state index contributed by atoms with van der Waals surface area (Å²) in [7, 11) is 1.80. The predicted octanol–water partition coefficient (Wildman–Crippen LogP) is 2.93. The van der Waals surface area contributed by atoms with E-state index in [1.54, 1.807) is 39.5 Å². The van der Waals surface area contributed by atoms with Crippen LogP contribution in [0.2, 0.25) is 5.02 Å². The minimum Gasteiger partial charge on any atom is -0.404 e. The second-order valence-corrected chi connectivity index (χ2v) is 5.62. The molecule has 7 heteroatoms. The molecule has 0 aliphatic rings. The SMILES string of the molecule is CNc1c(/C(C=NC(C)(C)C#N)=C/N)cnc2[nH]cc(Cl)c12. The van der Waals surface area contributed by atoms with E-state index in [1.807, 2.05) is 0 Å². The Hall–Kier alpha value is -2.52. The lowest BCUT2D eigenvalue weighted by Crippen LogP contribution is -2.13. The van der Waals surface area contributed by atoms with Gasteiger partial charge >= 0.3 is 0 Å². The Kier molecular flexibility index (Phi) is 4.38. The van der Waals surface area contributed by atoms with Crippen LogP contribution in [0.5, 0.6) is 0 Å². The first kappa shape index (κ1) is 15.9. The summed E-state index contributed by atoms with van der Waals surface area (Å²) in [4.78, 5) is 11.6. The predicted molar refractivity (Wildman–Crippen MR) is 91.0 cm³/mol. The number of nitriles is 1. The van der Waals surface area contributed by atoms with E-state index in [4.69, 9.17) is 22.6 Å². The normalized spacial score (nSPS) is 12.8. The number of aromatic nitrogens is 2. The summed E-state index contributed by atoms with van der Waals surface area (Å²) in [6.45, 7) is 3.45. The van der Waals surface area contributed by atoms with Gasteiger partial charge in [-0.05, 0) is 13.8 Å². The fraction of sp³-hybridized carbons (Fsp3) is 0.267. The number of hydrogen-bond acceptors (Lipinski definition) is 5. The summed E-state index contributed by atoms with van der Waals surface area (Å²) < 4.78 is 0. The standard InChI is InChI=1S/C15H17ClN6/c1-15(2,8-18)22-5-9(4-17)10-6-20-14-12(13(10)19-3)11(16)7-21-14/h4-7H,17H2,1-3H3,(H2,19,20,21)/b9-4+,22-5?. The third-order valence-electron chi connectivity index (χ3n) is 3.19. The number of aromatic amines is 1. The summed E-state index contributed by atoms with van der Waals surface area (Å²) in [6, 6.07) is 2.11. The van der Waals surface area contributed by atoms with Crippen LogP contribution in [-0.2, 0) is 0 Å². The molecule has 2 aromatic heterocycles. The molecule has 0 saturated carbocycles. The molecule has 0 amide bonds. The first-order valence-electron chi connectivity index (χ1n) is 6.65. The van der Waals surface area contributed by atoms with Crippen molar-refractivity contribution >= 4 is 40.1 Å². The van der Waals surface area contributed by atoms with Crippen LogP contribution in [-0.4, -0.2) is 28.8 Å². The first-order valence-corrected chi connectivity index (χ1v) is 7.03. The zero-order valence-electron chi connectivity index (χ0n) is 12.6. The van der Waals surface area contributed by atoms with Crippen molar-refractivity contribution in [2.75, 3.05) is 12.4 Å². The molecule has 0 fully saturated rings. The molecule has 6 nitrogen and oxygen atoms in total. The Morgan fingerprint density at radius 1 is 1.59 bits per heavy atom. The average Bonchev–Trinajstić information content (AvgIpc) is 2.89. The summed E-state index contributed by atoms with van der Waals surface area (Å²) in [5.41, 5.74) is 7.80. The van der Waals surface area contributed by atoms with Crippen molar-refractivity contribution in [2.45, 2.75) is 19.4 Å². The van der Waals surface area contributed by atoms with Crippen molar-refractivity contribution in [1.82, 2.24) is 9.97 Å². The largest absolute Gasteiger partial charge is 0.404 e. The minimum absolute atomic E-state index is 0.569. The molecular formula is C15H17ClN6. The number of allylic oxidation sites excluding steroid dienone is 1. The number of fused-ring (bicyclic) bond motifs is 1. The lowest BCUT2D eigenvalue weighted by atomic mass is 10.0. The molecular weight excluding hydrogens is 300 g/mol. The number of nitrogens with one attached hydrogen (secondary N) is 2. The smallest absolute Gasteiger partial charge is 0.141 e. The molecule has 0 aliphatic heterocycles. The summed E-state index contributed by atoms with van der Waals surface area (Å²) in [5.74, 6) is 0. The van der Waals surface area contributed by atoms with Gasteiger partial charge in [-0.2, -0.15) is 5.26 Å². The fourth-order valence-electron chi connectivity index (χ4n) is 2.00. The Labute approximate surface area is 133 Å². The number of halogens is 1. The minimum atomic E-state index is -0.822. The zero-order chi connectivity index (χ0) is 16.3. The van der Waals surface area contributed by atoms with E-state index in [2.05, 4.69) is 26.3 Å². The number of H-pyrrole nitrogens is 1. The van der Waals surface area contributed by atoms with Crippen molar-refractivity contribution in [1.29, 1.82) is 5.26 Å². The molecule has 0 radical (unpaired) electrons. The van der Waals surface area contributed by atoms with Crippen molar-refractivity contribution in [3.8, 4) is 6.07 Å². The van der Waals surface area contributed by atoms with Crippen molar-refractivity contribution in [2.24, 2.45) is 10.7 Å². The number of rotatable bonds is 4. The second-order valence-electron chi connectivity index (χ2n) is 5.21. The highest BCUT2D eigenvalue weighted by atomic mass is 35.5. The maximum atomic E-state index is 9.04. The molecule has 4 N–H and O–H groups in total. The quantitative estimate of drug-likeness (QED) is 0.754. The Bertz CT molecular complexity index is 794. The van der Waals surface area contributed by atoms with Gasteiger partial charge in [0.1, 0.15) is 11.2 Å². The van der Waals surface area contributed by atoms with Crippen molar-refractivity contribution in [3.05, 3.63) is 29.2 Å². The van der Waals surface area contributed by atoms with Crippen LogP contribution < -0.4 is 11.1 Å². The van der Waals surface area contributed by atoms with E-state index in [1.165, 1.54) is 6.20 Å². The van der Waals surface area contributed by atoms with Crippen LogP contribution >= 0.6 is 11.6 Å². The number of hydrogen-bond donors (Lipinski definition) is 3. The van der Waals surface area contributed by atoms with E-state index in [0.29, 0.717) is 16.2 Å². The number of nitrogens with zero attached hydrogens (tertiary/aromatic N) is 3. The van der Waals surface area contributed by atoms with E-state index in [9.17, 15) is 0 Å². The van der Waals surface area contributed by atoms with Crippen LogP contribution in [0, 0.1) is 11.3 Å². The van der Waals surface area contributed by atoms with Gasteiger partial charge < -0.3 is 16.0 Å². The summed E-state index contributed by atoms with van der Waals surface area (Å²) >= 11 is 6.21. The highest BCUT2D eigenvalue weighted by Crippen LogP contribution is 2.34. The van der Waals surface area contributed by atoms with E-state index >= 15 is 0 Å². The Morgan fingerprint density at radius 3 is 2.91 bits per heavy atom. The van der Waals surface area contributed by atoms with Crippen LogP contribution in [0.25, 0.3) is 16.6 Å². The number of pyridine rings is 1. The number of nitrogens with two attached hydrogens (primary N) is 1. The van der Waals surface area contributed by atoms with Gasteiger partial charge in [0.05, 0.1) is 22.2 Å². The zero-order valence-corrected chi connectivity index (χ0v) is 13.4. The second kappa shape index (κ2) is 6.08. The van der Waals surface area contributed by atoms with Crippen molar-refractivity contribution < 1.29 is 0 Å². The molecule has 0 aromatic carbocycles. The average molecular weight is 317 g/mol. The van der Waals surface area contributed by atoms with E-state index in [-0.39, 0.29) is 0 Å². The van der Waals surface area contributed by atoms with Crippen LogP contribution in [0.15, 0.2) is 23.6 Å². The lowest BCUT2D eigenvalue weighted by molar-refractivity contribution is 0.677.